The van der Waals surface area contributed by atoms with E-state index in [1.807, 2.05) is 25.8 Å². The van der Waals surface area contributed by atoms with Gasteiger partial charge >= 0.3 is 23.9 Å². The van der Waals surface area contributed by atoms with Gasteiger partial charge in [-0.1, -0.05) is 13.8 Å². The number of methoxy groups -OCH3 is 1. The zero-order valence-electron chi connectivity index (χ0n) is 25.2. The predicted octanol–water partition coefficient (Wildman–Crippen LogP) is 3.38. The monoisotopic (exact) mass is 545 g/mol. The van der Waals surface area contributed by atoms with E-state index in [1.54, 1.807) is 41.5 Å². The Balaban J connectivity index is 6.38. The molecule has 3 atom stereocenters. The van der Waals surface area contributed by atoms with Crippen molar-refractivity contribution in [3.63, 3.8) is 0 Å². The van der Waals surface area contributed by atoms with Gasteiger partial charge in [-0.05, 0) is 80.8 Å². The molecule has 0 aromatic heterocycles. The van der Waals surface area contributed by atoms with Crippen LogP contribution in [-0.4, -0.2) is 87.6 Å². The normalized spacial score (nSPS) is 16.5. The van der Waals surface area contributed by atoms with Gasteiger partial charge in [0, 0.05) is 6.54 Å². The number of esters is 4. The van der Waals surface area contributed by atoms with Crippen molar-refractivity contribution < 1.29 is 43.2 Å². The number of hydrogen-bond donors (Lipinski definition) is 1. The molecule has 0 fully saturated rings. The van der Waals surface area contributed by atoms with Crippen molar-refractivity contribution in [1.82, 2.24) is 4.90 Å². The topological polar surface area (TPSA) is 129 Å². The quantitative estimate of drug-likeness (QED) is 0.202. The van der Waals surface area contributed by atoms with E-state index in [9.17, 15) is 24.3 Å². The molecule has 0 aromatic rings. The van der Waals surface area contributed by atoms with Crippen molar-refractivity contribution in [2.75, 3.05) is 53.7 Å². The molecule has 3 unspecified atom stereocenters. The lowest BCUT2D eigenvalue weighted by molar-refractivity contribution is -0.172. The van der Waals surface area contributed by atoms with Gasteiger partial charge in [0.25, 0.3) is 0 Å². The summed E-state index contributed by atoms with van der Waals surface area (Å²) in [5, 5.41) is 9.25. The molecule has 0 heterocycles. The molecule has 38 heavy (non-hydrogen) atoms. The first-order valence-electron chi connectivity index (χ1n) is 13.4. The van der Waals surface area contributed by atoms with Crippen LogP contribution in [0.2, 0.25) is 0 Å². The summed E-state index contributed by atoms with van der Waals surface area (Å²) in [5.74, 6) is -2.17. The van der Waals surface area contributed by atoms with E-state index in [2.05, 4.69) is 0 Å². The molecule has 0 amide bonds. The highest BCUT2D eigenvalue weighted by Gasteiger charge is 2.53. The van der Waals surface area contributed by atoms with Crippen LogP contribution >= 0.6 is 0 Å². The molecular weight excluding hydrogens is 494 g/mol. The van der Waals surface area contributed by atoms with E-state index in [-0.39, 0.29) is 45.7 Å². The van der Waals surface area contributed by atoms with Gasteiger partial charge in [-0.3, -0.25) is 19.2 Å². The standard InChI is InChI=1S/C28H51NO9/c1-11-26(6,22(32)35-10)19-28(8,23(33)36-13-3)20-27(7,24(34)38-17-15-30)18-25(4,5)21(31)37-16-14-29(9)12-2/h30H,11-20H2,1-10H3. The SMILES string of the molecule is CCOC(=O)C(C)(CC(C)(CC)C(=O)OC)CC(C)(CC(C)(C)C(=O)OCCN(C)CC)C(=O)OCCO. The molecule has 0 rings (SSSR count). The van der Waals surface area contributed by atoms with Crippen LogP contribution in [0.25, 0.3) is 0 Å². The molecule has 0 bridgehead atoms. The Hall–Kier alpha value is -2.20. The van der Waals surface area contributed by atoms with Crippen molar-refractivity contribution in [2.24, 2.45) is 21.7 Å². The van der Waals surface area contributed by atoms with E-state index in [0.29, 0.717) is 13.0 Å². The Morgan fingerprint density at radius 1 is 0.711 bits per heavy atom. The number of nitrogens with zero attached hydrogens (tertiary/aromatic N) is 1. The van der Waals surface area contributed by atoms with Gasteiger partial charge in [-0.25, -0.2) is 0 Å². The Morgan fingerprint density at radius 2 is 1.21 bits per heavy atom. The summed E-state index contributed by atoms with van der Waals surface area (Å²) in [7, 11) is 3.21. The number of carbonyl (C=O) groups excluding carboxylic acids is 4. The smallest absolute Gasteiger partial charge is 0.311 e. The van der Waals surface area contributed by atoms with E-state index < -0.39 is 45.5 Å². The second-order valence-electron chi connectivity index (χ2n) is 11.6. The Labute approximate surface area is 228 Å². The van der Waals surface area contributed by atoms with Crippen LogP contribution in [0, 0.1) is 21.7 Å². The summed E-state index contributed by atoms with van der Waals surface area (Å²) >= 11 is 0. The van der Waals surface area contributed by atoms with Gasteiger partial charge in [0.1, 0.15) is 13.2 Å². The number of hydrogen-bond acceptors (Lipinski definition) is 10. The van der Waals surface area contributed by atoms with Gasteiger partial charge < -0.3 is 29.0 Å². The molecule has 0 radical (unpaired) electrons. The lowest BCUT2D eigenvalue weighted by atomic mass is 9.61. The summed E-state index contributed by atoms with van der Waals surface area (Å²) < 4.78 is 21.3. The van der Waals surface area contributed by atoms with E-state index in [4.69, 9.17) is 18.9 Å². The largest absolute Gasteiger partial charge is 0.469 e. The van der Waals surface area contributed by atoms with Crippen molar-refractivity contribution >= 4 is 23.9 Å². The fourth-order valence-corrected chi connectivity index (χ4v) is 5.04. The third kappa shape index (κ3) is 10.2. The van der Waals surface area contributed by atoms with Crippen LogP contribution in [0.3, 0.4) is 0 Å². The predicted molar refractivity (Wildman–Crippen MR) is 143 cm³/mol. The van der Waals surface area contributed by atoms with Crippen LogP contribution in [0.5, 0.6) is 0 Å². The van der Waals surface area contributed by atoms with Crippen LogP contribution in [0.1, 0.15) is 81.1 Å². The van der Waals surface area contributed by atoms with Crippen molar-refractivity contribution in [1.29, 1.82) is 0 Å². The Kier molecular flexibility index (Phi) is 14.5. The number of rotatable bonds is 18. The molecule has 0 aliphatic rings. The minimum absolute atomic E-state index is 0.00275. The van der Waals surface area contributed by atoms with Crippen LogP contribution in [-0.2, 0) is 38.1 Å². The van der Waals surface area contributed by atoms with Gasteiger partial charge in [0.2, 0.25) is 0 Å². The maximum absolute atomic E-state index is 13.4. The van der Waals surface area contributed by atoms with Crippen LogP contribution in [0.15, 0.2) is 0 Å². The summed E-state index contributed by atoms with van der Waals surface area (Å²) in [6, 6.07) is 0. The average molecular weight is 546 g/mol. The molecule has 0 saturated carbocycles. The minimum Gasteiger partial charge on any atom is -0.469 e. The molecule has 10 heteroatoms. The average Bonchev–Trinajstić information content (AvgIpc) is 2.85. The van der Waals surface area contributed by atoms with Crippen LogP contribution < -0.4 is 0 Å². The van der Waals surface area contributed by atoms with Crippen LogP contribution in [0.4, 0.5) is 0 Å². The molecule has 222 valence electrons. The van der Waals surface area contributed by atoms with Crippen molar-refractivity contribution in [3.05, 3.63) is 0 Å². The summed E-state index contributed by atoms with van der Waals surface area (Å²) in [5.41, 5.74) is -4.79. The zero-order chi connectivity index (χ0) is 29.8. The Morgan fingerprint density at radius 3 is 1.68 bits per heavy atom. The second kappa shape index (κ2) is 15.4. The highest BCUT2D eigenvalue weighted by Crippen LogP contribution is 2.49. The van der Waals surface area contributed by atoms with E-state index in [1.165, 1.54) is 7.11 Å². The minimum atomic E-state index is -1.36. The molecule has 10 nitrogen and oxygen atoms in total. The second-order valence-corrected chi connectivity index (χ2v) is 11.6. The summed E-state index contributed by atoms with van der Waals surface area (Å²) in [4.78, 5) is 54.5. The third-order valence-corrected chi connectivity index (χ3v) is 7.24. The first-order chi connectivity index (χ1) is 17.5. The maximum atomic E-state index is 13.4. The van der Waals surface area contributed by atoms with Gasteiger partial charge in [-0.2, -0.15) is 0 Å². The van der Waals surface area contributed by atoms with Gasteiger partial charge in [-0.15, -0.1) is 0 Å². The highest BCUT2D eigenvalue weighted by atomic mass is 16.5. The lowest BCUT2D eigenvalue weighted by Crippen LogP contribution is -2.47. The number of likely N-dealkylation sites (N-methyl/N-ethyl adjacent to an activating group) is 1. The maximum Gasteiger partial charge on any atom is 0.311 e. The highest BCUT2D eigenvalue weighted by molar-refractivity contribution is 5.84. The lowest BCUT2D eigenvalue weighted by Gasteiger charge is -2.42. The van der Waals surface area contributed by atoms with E-state index >= 15 is 0 Å². The summed E-state index contributed by atoms with van der Waals surface area (Å²) in [6.07, 6.45) is 0.386. The fraction of sp³-hybridized carbons (Fsp3) is 0.857. The molecule has 0 aromatic carbocycles. The first-order valence-corrected chi connectivity index (χ1v) is 13.4. The van der Waals surface area contributed by atoms with E-state index in [0.717, 1.165) is 6.54 Å². The van der Waals surface area contributed by atoms with Crippen molar-refractivity contribution in [2.45, 2.75) is 81.1 Å². The Bertz CT molecular complexity index is 799. The number of aliphatic hydroxyl groups is 1. The third-order valence-electron chi connectivity index (χ3n) is 7.24. The molecule has 0 spiro atoms. The fourth-order valence-electron chi connectivity index (χ4n) is 5.04. The number of aliphatic hydroxyl groups excluding tert-OH is 1. The van der Waals surface area contributed by atoms with Gasteiger partial charge in [0.15, 0.2) is 0 Å². The molecule has 1 N–H and O–H groups in total. The molecule has 0 aliphatic heterocycles. The zero-order valence-corrected chi connectivity index (χ0v) is 25.2. The first kappa shape index (κ1) is 35.8. The van der Waals surface area contributed by atoms with Crippen molar-refractivity contribution in [3.8, 4) is 0 Å². The molecule has 0 saturated heterocycles. The summed E-state index contributed by atoms with van der Waals surface area (Å²) in [6.45, 7) is 15.0. The number of carbonyl (C=O) groups is 4. The molecular formula is C28H51NO9. The number of ether oxygens (including phenoxy) is 4. The molecule has 0 aliphatic carbocycles. The van der Waals surface area contributed by atoms with Gasteiger partial charge in [0.05, 0.1) is 42.0 Å².